The second kappa shape index (κ2) is 7.84. The van der Waals surface area contributed by atoms with E-state index in [-0.39, 0.29) is 34.7 Å². The molecular formula is C18H28ClN3O3S. The van der Waals surface area contributed by atoms with Gasteiger partial charge in [0.05, 0.1) is 4.90 Å². The number of halogens is 1. The van der Waals surface area contributed by atoms with Gasteiger partial charge in [-0.25, -0.2) is 8.42 Å². The summed E-state index contributed by atoms with van der Waals surface area (Å²) in [6.07, 6.45) is 2.03. The fourth-order valence-corrected chi connectivity index (χ4v) is 5.45. The van der Waals surface area contributed by atoms with Crippen molar-refractivity contribution in [3.05, 3.63) is 30.3 Å². The molecule has 2 aliphatic heterocycles. The Kier molecular flexibility index (Phi) is 6.38. The third-order valence-corrected chi connectivity index (χ3v) is 7.38. The smallest absolute Gasteiger partial charge is 0.243 e. The van der Waals surface area contributed by atoms with E-state index in [2.05, 4.69) is 13.8 Å². The Morgan fingerprint density at radius 3 is 2.42 bits per heavy atom. The average Bonchev–Trinajstić information content (AvgIpc) is 3.08. The van der Waals surface area contributed by atoms with E-state index in [1.165, 1.54) is 4.31 Å². The van der Waals surface area contributed by atoms with Gasteiger partial charge in [0.25, 0.3) is 0 Å². The highest BCUT2D eigenvalue weighted by atomic mass is 35.5. The van der Waals surface area contributed by atoms with Crippen LogP contribution in [0.3, 0.4) is 0 Å². The van der Waals surface area contributed by atoms with Gasteiger partial charge in [0.1, 0.15) is 6.04 Å². The number of piperidine rings is 1. The molecule has 2 N–H and O–H groups in total. The summed E-state index contributed by atoms with van der Waals surface area (Å²) >= 11 is 0. The van der Waals surface area contributed by atoms with Gasteiger partial charge >= 0.3 is 0 Å². The molecule has 26 heavy (non-hydrogen) atoms. The monoisotopic (exact) mass is 401 g/mol. The molecule has 3 rings (SSSR count). The summed E-state index contributed by atoms with van der Waals surface area (Å²) in [4.78, 5) is 15.1. The number of nitrogens with two attached hydrogens (primary N) is 1. The summed E-state index contributed by atoms with van der Waals surface area (Å²) in [6.45, 7) is 5.68. The molecule has 0 spiro atoms. The molecular weight excluding hydrogens is 374 g/mol. The summed E-state index contributed by atoms with van der Waals surface area (Å²) in [5.41, 5.74) is 6.00. The summed E-state index contributed by atoms with van der Waals surface area (Å²) < 4.78 is 27.3. The van der Waals surface area contributed by atoms with Crippen LogP contribution < -0.4 is 5.73 Å². The molecule has 1 amide bonds. The molecule has 8 heteroatoms. The van der Waals surface area contributed by atoms with E-state index >= 15 is 0 Å². The molecule has 0 radical (unpaired) electrons. The molecule has 2 unspecified atom stereocenters. The first-order chi connectivity index (χ1) is 11.7. The van der Waals surface area contributed by atoms with Gasteiger partial charge in [-0.15, -0.1) is 12.4 Å². The van der Waals surface area contributed by atoms with Gasteiger partial charge in [0.2, 0.25) is 15.9 Å². The van der Waals surface area contributed by atoms with Crippen LogP contribution >= 0.6 is 12.4 Å². The lowest BCUT2D eigenvalue weighted by molar-refractivity contribution is -0.138. The Morgan fingerprint density at radius 2 is 1.81 bits per heavy atom. The highest BCUT2D eigenvalue weighted by Gasteiger charge is 2.43. The third kappa shape index (κ3) is 3.91. The number of hydrogen-bond donors (Lipinski definition) is 1. The van der Waals surface area contributed by atoms with Crippen LogP contribution in [0.4, 0.5) is 0 Å². The molecule has 2 fully saturated rings. The lowest BCUT2D eigenvalue weighted by Gasteiger charge is -2.43. The molecule has 6 nitrogen and oxygen atoms in total. The number of sulfonamides is 1. The summed E-state index contributed by atoms with van der Waals surface area (Å²) in [5.74, 6) is -0.0861. The number of rotatable bonds is 3. The number of nitrogens with zero attached hydrogens (tertiary/aromatic N) is 2. The zero-order valence-electron chi connectivity index (χ0n) is 15.3. The van der Waals surface area contributed by atoms with E-state index in [0.29, 0.717) is 32.5 Å². The fourth-order valence-electron chi connectivity index (χ4n) is 3.78. The minimum atomic E-state index is -3.65. The molecule has 0 aromatic heterocycles. The van der Waals surface area contributed by atoms with Crippen molar-refractivity contribution in [3.8, 4) is 0 Å². The molecule has 2 saturated heterocycles. The van der Waals surface area contributed by atoms with Crippen molar-refractivity contribution < 1.29 is 13.2 Å². The maximum absolute atomic E-state index is 13.1. The van der Waals surface area contributed by atoms with Crippen molar-refractivity contribution >= 4 is 28.3 Å². The van der Waals surface area contributed by atoms with Crippen molar-refractivity contribution in [1.82, 2.24) is 9.21 Å². The standard InChI is InChI=1S/C18H27N3O3S.ClH/c1-18(2)13-20(12-10-16(18)19)17(22)15-9-6-11-21(15)25(23,24)14-7-4-3-5-8-14;/h3-5,7-8,15-16H,6,9-13,19H2,1-2H3;1H. The van der Waals surface area contributed by atoms with E-state index < -0.39 is 16.1 Å². The minimum Gasteiger partial charge on any atom is -0.341 e. The number of benzene rings is 1. The average molecular weight is 402 g/mol. The van der Waals surface area contributed by atoms with Crippen molar-refractivity contribution in [2.75, 3.05) is 19.6 Å². The lowest BCUT2D eigenvalue weighted by atomic mass is 9.79. The number of likely N-dealkylation sites (tertiary alicyclic amines) is 1. The number of hydrogen-bond acceptors (Lipinski definition) is 4. The second-order valence-electron chi connectivity index (χ2n) is 7.73. The van der Waals surface area contributed by atoms with E-state index in [4.69, 9.17) is 5.73 Å². The van der Waals surface area contributed by atoms with Crippen molar-refractivity contribution in [2.24, 2.45) is 11.1 Å². The SMILES string of the molecule is CC1(C)CN(C(=O)C2CCCN2S(=O)(=O)c2ccccc2)CCC1N.Cl. The maximum atomic E-state index is 13.1. The first kappa shape index (κ1) is 21.2. The van der Waals surface area contributed by atoms with Crippen LogP contribution in [0.1, 0.15) is 33.1 Å². The zero-order valence-corrected chi connectivity index (χ0v) is 16.9. The van der Waals surface area contributed by atoms with Crippen LogP contribution in [0.15, 0.2) is 35.2 Å². The van der Waals surface area contributed by atoms with Crippen molar-refractivity contribution in [2.45, 2.75) is 50.1 Å². The number of carbonyl (C=O) groups is 1. The Balaban J connectivity index is 0.00000243. The summed E-state index contributed by atoms with van der Waals surface area (Å²) in [5, 5.41) is 0. The molecule has 2 atom stereocenters. The lowest BCUT2D eigenvalue weighted by Crippen LogP contribution is -2.57. The summed E-state index contributed by atoms with van der Waals surface area (Å²) in [7, 11) is -3.65. The van der Waals surface area contributed by atoms with Gasteiger partial charge in [0, 0.05) is 25.7 Å². The van der Waals surface area contributed by atoms with Gasteiger partial charge in [-0.05, 0) is 36.8 Å². The zero-order chi connectivity index (χ0) is 18.2. The molecule has 1 aromatic rings. The van der Waals surface area contributed by atoms with Gasteiger partial charge < -0.3 is 10.6 Å². The van der Waals surface area contributed by atoms with E-state index in [1.807, 2.05) is 0 Å². The van der Waals surface area contributed by atoms with Gasteiger partial charge in [-0.3, -0.25) is 4.79 Å². The predicted octanol–water partition coefficient (Wildman–Crippen LogP) is 1.85. The highest BCUT2D eigenvalue weighted by Crippen LogP contribution is 2.31. The quantitative estimate of drug-likeness (QED) is 0.837. The fraction of sp³-hybridized carbons (Fsp3) is 0.611. The van der Waals surface area contributed by atoms with Crippen LogP contribution in [0.5, 0.6) is 0 Å². The molecule has 0 bridgehead atoms. The maximum Gasteiger partial charge on any atom is 0.243 e. The molecule has 2 aliphatic rings. The van der Waals surface area contributed by atoms with Gasteiger partial charge in [-0.1, -0.05) is 32.0 Å². The van der Waals surface area contributed by atoms with Gasteiger partial charge in [0.15, 0.2) is 0 Å². The Bertz CT molecular complexity index is 739. The van der Waals surface area contributed by atoms with Gasteiger partial charge in [-0.2, -0.15) is 4.31 Å². The van der Waals surface area contributed by atoms with Crippen LogP contribution in [-0.4, -0.2) is 55.2 Å². The topological polar surface area (TPSA) is 83.7 Å². The molecule has 0 aliphatic carbocycles. The van der Waals surface area contributed by atoms with Crippen molar-refractivity contribution in [1.29, 1.82) is 0 Å². The third-order valence-electron chi connectivity index (χ3n) is 5.46. The predicted molar refractivity (Wildman–Crippen MR) is 104 cm³/mol. The van der Waals surface area contributed by atoms with Crippen LogP contribution in [-0.2, 0) is 14.8 Å². The minimum absolute atomic E-state index is 0. The second-order valence-corrected chi connectivity index (χ2v) is 9.62. The summed E-state index contributed by atoms with van der Waals surface area (Å²) in [6, 6.07) is 7.81. The molecule has 0 saturated carbocycles. The molecule has 146 valence electrons. The number of amides is 1. The Hall–Kier alpha value is -1.15. The van der Waals surface area contributed by atoms with Crippen LogP contribution in [0.2, 0.25) is 0 Å². The first-order valence-corrected chi connectivity index (χ1v) is 10.3. The van der Waals surface area contributed by atoms with Crippen molar-refractivity contribution in [3.63, 3.8) is 0 Å². The molecule has 1 aromatic carbocycles. The van der Waals surface area contributed by atoms with Crippen LogP contribution in [0, 0.1) is 5.41 Å². The van der Waals surface area contributed by atoms with E-state index in [0.717, 1.165) is 6.42 Å². The van der Waals surface area contributed by atoms with E-state index in [1.54, 1.807) is 35.2 Å². The normalized spacial score (nSPS) is 26.3. The Labute approximate surface area is 162 Å². The number of carbonyl (C=O) groups excluding carboxylic acids is 1. The Morgan fingerprint density at radius 1 is 1.15 bits per heavy atom. The first-order valence-electron chi connectivity index (χ1n) is 8.85. The van der Waals surface area contributed by atoms with E-state index in [9.17, 15) is 13.2 Å². The highest BCUT2D eigenvalue weighted by molar-refractivity contribution is 7.89. The largest absolute Gasteiger partial charge is 0.341 e. The molecule has 2 heterocycles. The van der Waals surface area contributed by atoms with Crippen LogP contribution in [0.25, 0.3) is 0 Å².